The van der Waals surface area contributed by atoms with Crippen LogP contribution in [0.2, 0.25) is 0 Å². The molecule has 0 spiro atoms. The third kappa shape index (κ3) is 3.57. The number of nitrogens with zero attached hydrogens (tertiary/aromatic N) is 2. The fraction of sp³-hybridized carbons (Fsp3) is 0.300. The Morgan fingerprint density at radius 3 is 2.62 bits per heavy atom. The zero-order valence-electron chi connectivity index (χ0n) is 14.4. The Kier molecular flexibility index (Phi) is 4.61. The van der Waals surface area contributed by atoms with Crippen LogP contribution >= 0.6 is 11.3 Å². The molecule has 1 aliphatic rings. The number of hydrogen-bond acceptors (Lipinski definition) is 4. The lowest BCUT2D eigenvalue weighted by Gasteiger charge is -2.38. The quantitative estimate of drug-likeness (QED) is 0.743. The second-order valence-electron chi connectivity index (χ2n) is 6.86. The molecule has 1 fully saturated rings. The van der Waals surface area contributed by atoms with Crippen molar-refractivity contribution in [2.75, 3.05) is 13.1 Å². The number of carbonyl (C=O) groups is 1. The van der Waals surface area contributed by atoms with E-state index in [9.17, 15) is 9.90 Å². The predicted molar refractivity (Wildman–Crippen MR) is 102 cm³/mol. The molecule has 3 heterocycles. The van der Waals surface area contributed by atoms with Gasteiger partial charge in [0.2, 0.25) is 0 Å². The zero-order chi connectivity index (χ0) is 18.0. The van der Waals surface area contributed by atoms with Crippen molar-refractivity contribution < 1.29 is 9.90 Å². The fourth-order valence-electron chi connectivity index (χ4n) is 3.47. The van der Waals surface area contributed by atoms with Gasteiger partial charge in [0.25, 0.3) is 5.91 Å². The number of likely N-dealkylation sites (tertiary alicyclic amines) is 1. The molecule has 134 valence electrons. The van der Waals surface area contributed by atoms with Gasteiger partial charge in [-0.25, -0.2) is 4.98 Å². The van der Waals surface area contributed by atoms with Crippen LogP contribution in [0.1, 0.15) is 28.8 Å². The molecule has 0 unspecified atom stereocenters. The van der Waals surface area contributed by atoms with E-state index in [1.165, 1.54) is 0 Å². The summed E-state index contributed by atoms with van der Waals surface area (Å²) in [5.41, 5.74) is 4.80. The smallest absolute Gasteiger partial charge is 0.253 e. The van der Waals surface area contributed by atoms with E-state index in [0.29, 0.717) is 37.9 Å². The first-order chi connectivity index (χ1) is 12.6. The number of hydrogen-bond donors (Lipinski definition) is 2. The number of piperidine rings is 1. The molecule has 6 heteroatoms. The summed E-state index contributed by atoms with van der Waals surface area (Å²) in [6, 6.07) is 9.58. The summed E-state index contributed by atoms with van der Waals surface area (Å²) in [6.45, 7) is 1.15. The summed E-state index contributed by atoms with van der Waals surface area (Å²) in [6.07, 6.45) is 5.61. The molecular formula is C20H21N3O2S. The summed E-state index contributed by atoms with van der Waals surface area (Å²) >= 11 is 1.56. The molecule has 0 bridgehead atoms. The number of amides is 1. The van der Waals surface area contributed by atoms with Crippen molar-refractivity contribution in [2.24, 2.45) is 0 Å². The average Bonchev–Trinajstić information content (AvgIpc) is 3.36. The van der Waals surface area contributed by atoms with E-state index in [1.807, 2.05) is 53.0 Å². The van der Waals surface area contributed by atoms with E-state index in [0.717, 1.165) is 16.8 Å². The Balaban J connectivity index is 1.39. The number of benzene rings is 1. The summed E-state index contributed by atoms with van der Waals surface area (Å²) in [5.74, 6) is 0.0264. The van der Waals surface area contributed by atoms with Crippen LogP contribution in [-0.4, -0.2) is 44.6 Å². The summed E-state index contributed by atoms with van der Waals surface area (Å²) in [4.78, 5) is 21.9. The van der Waals surface area contributed by atoms with Crippen LogP contribution in [0, 0.1) is 0 Å². The Morgan fingerprint density at radius 2 is 2.00 bits per heavy atom. The Labute approximate surface area is 156 Å². The number of carbonyl (C=O) groups excluding carboxylic acids is 1. The zero-order valence-corrected chi connectivity index (χ0v) is 15.2. The first kappa shape index (κ1) is 17.0. The molecule has 1 aliphatic heterocycles. The third-order valence-corrected chi connectivity index (χ3v) is 5.62. The highest BCUT2D eigenvalue weighted by Gasteiger charge is 2.34. The maximum atomic E-state index is 12.8. The molecule has 3 aromatic rings. The van der Waals surface area contributed by atoms with Crippen LogP contribution in [0.25, 0.3) is 11.3 Å². The van der Waals surface area contributed by atoms with Gasteiger partial charge in [-0.3, -0.25) is 4.79 Å². The Morgan fingerprint density at radius 1 is 1.23 bits per heavy atom. The van der Waals surface area contributed by atoms with E-state index in [4.69, 9.17) is 0 Å². The fourth-order valence-corrected chi connectivity index (χ4v) is 4.03. The maximum absolute atomic E-state index is 12.8. The molecule has 0 atom stereocenters. The molecule has 0 saturated carbocycles. The largest absolute Gasteiger partial charge is 0.389 e. The van der Waals surface area contributed by atoms with Crippen LogP contribution in [0.3, 0.4) is 0 Å². The van der Waals surface area contributed by atoms with Crippen LogP contribution in [0.15, 0.2) is 53.6 Å². The molecule has 5 nitrogen and oxygen atoms in total. The number of rotatable bonds is 4. The van der Waals surface area contributed by atoms with Gasteiger partial charge in [0.15, 0.2) is 0 Å². The van der Waals surface area contributed by atoms with Gasteiger partial charge in [-0.1, -0.05) is 12.1 Å². The normalized spacial score (nSPS) is 16.6. The van der Waals surface area contributed by atoms with Crippen LogP contribution < -0.4 is 0 Å². The van der Waals surface area contributed by atoms with Crippen molar-refractivity contribution in [1.29, 1.82) is 0 Å². The van der Waals surface area contributed by atoms with Crippen LogP contribution in [-0.2, 0) is 6.42 Å². The number of aliphatic hydroxyl groups is 1. The first-order valence-electron chi connectivity index (χ1n) is 8.75. The highest BCUT2D eigenvalue weighted by molar-refractivity contribution is 7.07. The third-order valence-electron chi connectivity index (χ3n) is 5.04. The van der Waals surface area contributed by atoms with E-state index in [2.05, 4.69) is 9.97 Å². The standard InChI is InChI=1S/C20H21N3O2S/c24-19(17-3-1-16(2-4-17)18-13-26-14-22-18)23-9-6-20(25,7-10-23)11-15-5-8-21-12-15/h1-5,8,12-14,21,25H,6-7,9-11H2. The molecule has 1 saturated heterocycles. The van der Waals surface area contributed by atoms with Gasteiger partial charge in [0.05, 0.1) is 16.8 Å². The molecule has 1 amide bonds. The maximum Gasteiger partial charge on any atom is 0.253 e. The lowest BCUT2D eigenvalue weighted by molar-refractivity contribution is -0.0162. The monoisotopic (exact) mass is 367 g/mol. The minimum atomic E-state index is -0.729. The van der Waals surface area contributed by atoms with Crippen molar-refractivity contribution in [2.45, 2.75) is 24.9 Å². The Bertz CT molecular complexity index is 849. The van der Waals surface area contributed by atoms with Crippen molar-refractivity contribution >= 4 is 17.2 Å². The van der Waals surface area contributed by atoms with Crippen LogP contribution in [0.4, 0.5) is 0 Å². The number of nitrogens with one attached hydrogen (secondary N) is 1. The number of thiazole rings is 1. The molecule has 1 aromatic carbocycles. The lowest BCUT2D eigenvalue weighted by Crippen LogP contribution is -2.47. The minimum Gasteiger partial charge on any atom is -0.389 e. The summed E-state index contributed by atoms with van der Waals surface area (Å²) in [7, 11) is 0. The molecule has 0 aliphatic carbocycles. The first-order valence-corrected chi connectivity index (χ1v) is 9.69. The molecule has 26 heavy (non-hydrogen) atoms. The topological polar surface area (TPSA) is 69.2 Å². The molecule has 0 radical (unpaired) electrons. The molecule has 2 N–H and O–H groups in total. The highest BCUT2D eigenvalue weighted by Crippen LogP contribution is 2.27. The van der Waals surface area contributed by atoms with Crippen molar-refractivity contribution in [3.05, 3.63) is 64.7 Å². The Hall–Kier alpha value is -2.44. The van der Waals surface area contributed by atoms with Crippen molar-refractivity contribution in [1.82, 2.24) is 14.9 Å². The second-order valence-corrected chi connectivity index (χ2v) is 7.58. The molecular weight excluding hydrogens is 346 g/mol. The number of H-pyrrole nitrogens is 1. The van der Waals surface area contributed by atoms with Crippen molar-refractivity contribution in [3.8, 4) is 11.3 Å². The van der Waals surface area contributed by atoms with E-state index >= 15 is 0 Å². The van der Waals surface area contributed by atoms with Crippen molar-refractivity contribution in [3.63, 3.8) is 0 Å². The van der Waals surface area contributed by atoms with Gasteiger partial charge < -0.3 is 15.0 Å². The van der Waals surface area contributed by atoms with Gasteiger partial charge in [-0.15, -0.1) is 11.3 Å². The van der Waals surface area contributed by atoms with Gasteiger partial charge >= 0.3 is 0 Å². The SMILES string of the molecule is O=C(c1ccc(-c2cscn2)cc1)N1CCC(O)(Cc2cc[nH]c2)CC1. The van der Waals surface area contributed by atoms with Gasteiger partial charge in [0, 0.05) is 48.4 Å². The van der Waals surface area contributed by atoms with Gasteiger partial charge in [-0.2, -0.15) is 0 Å². The molecule has 2 aromatic heterocycles. The number of aromatic nitrogens is 2. The van der Waals surface area contributed by atoms with Crippen LogP contribution in [0.5, 0.6) is 0 Å². The summed E-state index contributed by atoms with van der Waals surface area (Å²) < 4.78 is 0. The van der Waals surface area contributed by atoms with Gasteiger partial charge in [0.1, 0.15) is 0 Å². The highest BCUT2D eigenvalue weighted by atomic mass is 32.1. The molecule has 4 rings (SSSR count). The summed E-state index contributed by atoms with van der Waals surface area (Å²) in [5, 5.41) is 12.8. The van der Waals surface area contributed by atoms with Gasteiger partial charge in [-0.05, 0) is 36.6 Å². The van der Waals surface area contributed by atoms with E-state index < -0.39 is 5.60 Å². The lowest BCUT2D eigenvalue weighted by atomic mass is 9.86. The minimum absolute atomic E-state index is 0.0264. The van der Waals surface area contributed by atoms with E-state index in [-0.39, 0.29) is 5.91 Å². The average molecular weight is 367 g/mol. The number of aromatic amines is 1. The van der Waals surface area contributed by atoms with E-state index in [1.54, 1.807) is 16.8 Å². The predicted octanol–water partition coefficient (Wildman–Crippen LogP) is 3.35. The second kappa shape index (κ2) is 7.05.